The second-order valence-corrected chi connectivity index (χ2v) is 6.26. The fraction of sp³-hybridized carbons (Fsp3) is 0.136. The summed E-state index contributed by atoms with van der Waals surface area (Å²) in [7, 11) is 0. The van der Waals surface area contributed by atoms with Crippen LogP contribution in [-0.2, 0) is 17.8 Å². The number of rotatable bonds is 7. The number of nitrogens with one attached hydrogen (secondary N) is 2. The van der Waals surface area contributed by atoms with Crippen molar-refractivity contribution in [1.82, 2.24) is 10.3 Å². The zero-order valence-corrected chi connectivity index (χ0v) is 15.2. The third-order valence-electron chi connectivity index (χ3n) is 4.19. The summed E-state index contributed by atoms with van der Waals surface area (Å²) < 4.78 is 13.6. The highest BCUT2D eigenvalue weighted by Gasteiger charge is 2.07. The minimum absolute atomic E-state index is 0.180. The van der Waals surface area contributed by atoms with Crippen LogP contribution in [0.15, 0.2) is 73.1 Å². The molecule has 0 aliphatic rings. The fourth-order valence-electron chi connectivity index (χ4n) is 2.66. The topological polar surface area (TPSA) is 71.1 Å². The number of pyridine rings is 1. The lowest BCUT2D eigenvalue weighted by atomic mass is 10.1. The van der Waals surface area contributed by atoms with Crippen molar-refractivity contribution in [3.05, 3.63) is 95.6 Å². The van der Waals surface area contributed by atoms with Gasteiger partial charge in [-0.3, -0.25) is 14.6 Å². The summed E-state index contributed by atoms with van der Waals surface area (Å²) in [5, 5.41) is 5.61. The van der Waals surface area contributed by atoms with E-state index in [0.717, 1.165) is 5.56 Å². The van der Waals surface area contributed by atoms with E-state index in [1.54, 1.807) is 48.7 Å². The Hall–Kier alpha value is -3.54. The molecule has 0 fully saturated rings. The second-order valence-electron chi connectivity index (χ2n) is 6.26. The number of benzene rings is 2. The molecule has 5 nitrogen and oxygen atoms in total. The summed E-state index contributed by atoms with van der Waals surface area (Å²) in [5.41, 5.74) is 2.58. The average molecular weight is 377 g/mol. The number of amides is 2. The average Bonchev–Trinajstić information content (AvgIpc) is 2.73. The zero-order valence-electron chi connectivity index (χ0n) is 15.2. The van der Waals surface area contributed by atoms with Gasteiger partial charge in [0.25, 0.3) is 5.91 Å². The third kappa shape index (κ3) is 5.48. The molecule has 2 amide bonds. The Labute approximate surface area is 162 Å². The third-order valence-corrected chi connectivity index (χ3v) is 4.19. The Balaban J connectivity index is 1.47. The van der Waals surface area contributed by atoms with Gasteiger partial charge in [0.05, 0.1) is 5.56 Å². The summed E-state index contributed by atoms with van der Waals surface area (Å²) in [4.78, 5) is 28.0. The minimum Gasteiger partial charge on any atom is -0.348 e. The minimum atomic E-state index is -0.298. The van der Waals surface area contributed by atoms with Crippen LogP contribution in [0.1, 0.15) is 27.9 Å². The number of nitrogens with zero attached hydrogens (tertiary/aromatic N) is 1. The number of hydrogen-bond donors (Lipinski definition) is 2. The maximum Gasteiger partial charge on any atom is 0.253 e. The summed E-state index contributed by atoms with van der Waals surface area (Å²) >= 11 is 0. The van der Waals surface area contributed by atoms with E-state index in [2.05, 4.69) is 15.6 Å². The number of anilines is 1. The predicted octanol–water partition coefficient (Wildman–Crippen LogP) is 3.72. The summed E-state index contributed by atoms with van der Waals surface area (Å²) in [6.07, 6.45) is 3.66. The quantitative estimate of drug-likeness (QED) is 0.659. The van der Waals surface area contributed by atoms with Crippen LogP contribution in [0.3, 0.4) is 0 Å². The van der Waals surface area contributed by atoms with Gasteiger partial charge < -0.3 is 10.6 Å². The molecule has 6 heteroatoms. The van der Waals surface area contributed by atoms with Crippen molar-refractivity contribution in [3.63, 3.8) is 0 Å². The number of aryl methyl sites for hydroxylation is 1. The van der Waals surface area contributed by atoms with Crippen molar-refractivity contribution in [2.45, 2.75) is 19.4 Å². The molecular weight excluding hydrogens is 357 g/mol. The number of hydrogen-bond acceptors (Lipinski definition) is 3. The molecule has 1 aromatic heterocycles. The van der Waals surface area contributed by atoms with Gasteiger partial charge in [-0.1, -0.05) is 30.3 Å². The number of halogens is 1. The molecule has 0 spiro atoms. The highest BCUT2D eigenvalue weighted by Crippen LogP contribution is 2.12. The number of carbonyl (C=O) groups is 2. The first-order valence-corrected chi connectivity index (χ1v) is 8.92. The van der Waals surface area contributed by atoms with Crippen molar-refractivity contribution >= 4 is 17.5 Å². The van der Waals surface area contributed by atoms with Crippen molar-refractivity contribution < 1.29 is 14.0 Å². The van der Waals surface area contributed by atoms with E-state index in [1.165, 1.54) is 12.3 Å². The maximum atomic E-state index is 13.6. The first-order valence-electron chi connectivity index (χ1n) is 8.92. The maximum absolute atomic E-state index is 13.6. The Morgan fingerprint density at radius 3 is 2.46 bits per heavy atom. The van der Waals surface area contributed by atoms with E-state index in [-0.39, 0.29) is 24.1 Å². The lowest BCUT2D eigenvalue weighted by Crippen LogP contribution is -2.22. The van der Waals surface area contributed by atoms with Crippen LogP contribution >= 0.6 is 0 Å². The van der Waals surface area contributed by atoms with Crippen LogP contribution in [0.4, 0.5) is 10.1 Å². The normalized spacial score (nSPS) is 10.3. The monoisotopic (exact) mass is 377 g/mol. The predicted molar refractivity (Wildman–Crippen MR) is 105 cm³/mol. The molecule has 2 aromatic carbocycles. The largest absolute Gasteiger partial charge is 0.348 e. The van der Waals surface area contributed by atoms with Crippen molar-refractivity contribution in [3.8, 4) is 0 Å². The molecule has 0 aliphatic heterocycles. The number of aromatic nitrogens is 1. The molecular formula is C22H20FN3O2. The first kappa shape index (κ1) is 19.2. The lowest BCUT2D eigenvalue weighted by molar-refractivity contribution is -0.116. The van der Waals surface area contributed by atoms with Crippen LogP contribution in [0.2, 0.25) is 0 Å². The SMILES string of the molecule is O=C(CCc1ccccc1F)Nc1ccc(CNC(=O)c2cccnc2)cc1. The molecule has 2 N–H and O–H groups in total. The van der Waals surface area contributed by atoms with E-state index >= 15 is 0 Å². The van der Waals surface area contributed by atoms with Crippen LogP contribution < -0.4 is 10.6 Å². The molecule has 0 aliphatic carbocycles. The van der Waals surface area contributed by atoms with Crippen LogP contribution in [0.5, 0.6) is 0 Å². The molecule has 0 saturated heterocycles. The highest BCUT2D eigenvalue weighted by atomic mass is 19.1. The first-order chi connectivity index (χ1) is 13.6. The van der Waals surface area contributed by atoms with E-state index in [0.29, 0.717) is 29.8 Å². The van der Waals surface area contributed by atoms with E-state index in [1.807, 2.05) is 12.1 Å². The van der Waals surface area contributed by atoms with Gasteiger partial charge in [-0.15, -0.1) is 0 Å². The summed E-state index contributed by atoms with van der Waals surface area (Å²) in [6.45, 7) is 0.370. The Kier molecular flexibility index (Phi) is 6.46. The summed E-state index contributed by atoms with van der Waals surface area (Å²) in [5.74, 6) is -0.674. The van der Waals surface area contributed by atoms with Crippen LogP contribution in [-0.4, -0.2) is 16.8 Å². The number of carbonyl (C=O) groups excluding carboxylic acids is 2. The molecule has 3 rings (SSSR count). The molecule has 0 radical (unpaired) electrons. The van der Waals surface area contributed by atoms with Gasteiger partial charge >= 0.3 is 0 Å². The molecule has 0 bridgehead atoms. The van der Waals surface area contributed by atoms with Crippen molar-refractivity contribution in [1.29, 1.82) is 0 Å². The van der Waals surface area contributed by atoms with Crippen LogP contribution in [0, 0.1) is 5.82 Å². The van der Waals surface area contributed by atoms with Gasteiger partial charge in [-0.2, -0.15) is 0 Å². The fourth-order valence-corrected chi connectivity index (χ4v) is 2.66. The van der Waals surface area contributed by atoms with E-state index in [9.17, 15) is 14.0 Å². The molecule has 3 aromatic rings. The van der Waals surface area contributed by atoms with Crippen molar-refractivity contribution in [2.24, 2.45) is 0 Å². The second kappa shape index (κ2) is 9.41. The van der Waals surface area contributed by atoms with Gasteiger partial charge in [0.2, 0.25) is 5.91 Å². The van der Waals surface area contributed by atoms with E-state index < -0.39 is 0 Å². The molecule has 0 saturated carbocycles. The molecule has 0 atom stereocenters. The Morgan fingerprint density at radius 2 is 1.75 bits per heavy atom. The zero-order chi connectivity index (χ0) is 19.8. The molecule has 1 heterocycles. The van der Waals surface area contributed by atoms with Gasteiger partial charge in [-0.25, -0.2) is 4.39 Å². The molecule has 0 unspecified atom stereocenters. The van der Waals surface area contributed by atoms with Gasteiger partial charge in [0, 0.05) is 31.0 Å². The lowest BCUT2D eigenvalue weighted by Gasteiger charge is -2.08. The standard InChI is InChI=1S/C22H20FN3O2/c23-20-6-2-1-4-17(20)9-12-21(27)26-19-10-7-16(8-11-19)14-25-22(28)18-5-3-13-24-15-18/h1-8,10-11,13,15H,9,12,14H2,(H,25,28)(H,26,27). The van der Waals surface area contributed by atoms with E-state index in [4.69, 9.17) is 0 Å². The van der Waals surface area contributed by atoms with Gasteiger partial charge in [-0.05, 0) is 47.9 Å². The molecule has 142 valence electrons. The van der Waals surface area contributed by atoms with Crippen molar-refractivity contribution in [2.75, 3.05) is 5.32 Å². The van der Waals surface area contributed by atoms with Crippen LogP contribution in [0.25, 0.3) is 0 Å². The Morgan fingerprint density at radius 1 is 0.964 bits per heavy atom. The van der Waals surface area contributed by atoms with Gasteiger partial charge in [0.1, 0.15) is 5.82 Å². The Bertz CT molecular complexity index is 944. The smallest absolute Gasteiger partial charge is 0.253 e. The molecule has 28 heavy (non-hydrogen) atoms. The highest BCUT2D eigenvalue weighted by molar-refractivity contribution is 5.93. The summed E-state index contributed by atoms with van der Waals surface area (Å²) in [6, 6.07) is 17.0. The van der Waals surface area contributed by atoms with Gasteiger partial charge in [0.15, 0.2) is 0 Å².